The maximum Gasteiger partial charge on any atom is 0.264 e. The highest BCUT2D eigenvalue weighted by molar-refractivity contribution is 5.93. The predicted octanol–water partition coefficient (Wildman–Crippen LogP) is 1.68. The summed E-state index contributed by atoms with van der Waals surface area (Å²) in [6.07, 6.45) is -0.512. The molecule has 3 aromatic rings. The van der Waals surface area contributed by atoms with Gasteiger partial charge in [0.25, 0.3) is 5.56 Å². The average Bonchev–Trinajstić information content (AvgIpc) is 2.55. The summed E-state index contributed by atoms with van der Waals surface area (Å²) in [5.41, 5.74) is 7.23. The number of hydrogen-bond acceptors (Lipinski definition) is 5. The molecule has 0 radical (unpaired) electrons. The summed E-state index contributed by atoms with van der Waals surface area (Å²) in [6, 6.07) is 16.8. The van der Waals surface area contributed by atoms with Gasteiger partial charge in [0.05, 0.1) is 10.9 Å². The molecule has 2 aromatic carbocycles. The van der Waals surface area contributed by atoms with E-state index in [1.165, 1.54) is 4.57 Å². The highest BCUT2D eigenvalue weighted by Gasteiger charge is 2.24. The van der Waals surface area contributed by atoms with Gasteiger partial charge < -0.3 is 5.73 Å². The van der Waals surface area contributed by atoms with Crippen molar-refractivity contribution in [3.05, 3.63) is 70.5 Å². The summed E-state index contributed by atoms with van der Waals surface area (Å²) in [5, 5.41) is 3.43. The van der Waals surface area contributed by atoms with Crippen molar-refractivity contribution >= 4 is 22.8 Å². The lowest BCUT2D eigenvalue weighted by Crippen LogP contribution is -2.38. The van der Waals surface area contributed by atoms with Gasteiger partial charge in [-0.05, 0) is 17.7 Å². The van der Waals surface area contributed by atoms with Gasteiger partial charge in [0.15, 0.2) is 12.1 Å². The van der Waals surface area contributed by atoms with E-state index >= 15 is 0 Å². The Kier molecular flexibility index (Phi) is 2.69. The molecule has 3 N–H and O–H groups in total. The molecule has 4 rings (SSSR count). The van der Waals surface area contributed by atoms with Crippen molar-refractivity contribution in [2.75, 3.05) is 5.32 Å². The van der Waals surface area contributed by atoms with Crippen LogP contribution in [-0.2, 0) is 0 Å². The number of rotatable bonds is 1. The molecule has 0 aliphatic carbocycles. The van der Waals surface area contributed by atoms with Crippen molar-refractivity contribution in [1.29, 1.82) is 0 Å². The molecular weight excluding hydrogens is 278 g/mol. The van der Waals surface area contributed by atoms with Crippen molar-refractivity contribution in [2.24, 2.45) is 10.7 Å². The molecule has 1 aromatic heterocycles. The van der Waals surface area contributed by atoms with Gasteiger partial charge in [0.2, 0.25) is 5.95 Å². The second kappa shape index (κ2) is 4.70. The average molecular weight is 291 g/mol. The highest BCUT2D eigenvalue weighted by Crippen LogP contribution is 2.25. The van der Waals surface area contributed by atoms with Gasteiger partial charge in [-0.3, -0.25) is 14.7 Å². The lowest BCUT2D eigenvalue weighted by molar-refractivity contribution is 0.584. The first kappa shape index (κ1) is 12.6. The lowest BCUT2D eigenvalue weighted by Gasteiger charge is -2.25. The van der Waals surface area contributed by atoms with E-state index in [9.17, 15) is 4.79 Å². The van der Waals surface area contributed by atoms with Crippen molar-refractivity contribution in [2.45, 2.75) is 6.17 Å². The smallest absolute Gasteiger partial charge is 0.264 e. The number of nitrogens with one attached hydrogen (secondary N) is 1. The molecule has 2 heterocycles. The number of aromatic nitrogens is 2. The summed E-state index contributed by atoms with van der Waals surface area (Å²) < 4.78 is 1.54. The zero-order valence-electron chi connectivity index (χ0n) is 11.6. The maximum absolute atomic E-state index is 12.8. The quantitative estimate of drug-likeness (QED) is 0.714. The summed E-state index contributed by atoms with van der Waals surface area (Å²) in [7, 11) is 0. The minimum atomic E-state index is -0.512. The number of fused-ring (bicyclic) bond motifs is 2. The molecule has 0 saturated heterocycles. The van der Waals surface area contributed by atoms with E-state index in [1.807, 2.05) is 42.5 Å². The van der Waals surface area contributed by atoms with E-state index in [0.29, 0.717) is 16.9 Å². The molecular formula is C16H13N5O. The lowest BCUT2D eigenvalue weighted by atomic mass is 10.1. The minimum absolute atomic E-state index is 0.141. The van der Waals surface area contributed by atoms with E-state index in [1.54, 1.807) is 12.1 Å². The van der Waals surface area contributed by atoms with Crippen LogP contribution in [0.2, 0.25) is 0 Å². The number of nitrogens with zero attached hydrogens (tertiary/aromatic N) is 3. The number of hydrogen-bond donors (Lipinski definition) is 2. The predicted molar refractivity (Wildman–Crippen MR) is 85.8 cm³/mol. The first-order chi connectivity index (χ1) is 10.7. The van der Waals surface area contributed by atoms with Crippen molar-refractivity contribution < 1.29 is 0 Å². The Morgan fingerprint density at radius 3 is 2.59 bits per heavy atom. The molecule has 0 saturated carbocycles. The third-order valence-corrected chi connectivity index (χ3v) is 3.65. The fourth-order valence-electron chi connectivity index (χ4n) is 2.65. The standard InChI is InChI=1S/C16H13N5O/c17-15-19-13(10-6-2-1-3-7-10)21-14(22)11-8-4-5-9-12(11)18-16(21)20-15/h1-9,13H,(H3,17,18,19,20). The zero-order chi connectivity index (χ0) is 15.1. The maximum atomic E-state index is 12.8. The molecule has 1 atom stereocenters. The summed E-state index contributed by atoms with van der Waals surface area (Å²) in [5.74, 6) is 0.654. The fourth-order valence-corrected chi connectivity index (χ4v) is 2.65. The first-order valence-electron chi connectivity index (χ1n) is 6.90. The van der Waals surface area contributed by atoms with Gasteiger partial charge >= 0.3 is 0 Å². The van der Waals surface area contributed by atoms with Crippen LogP contribution in [0.3, 0.4) is 0 Å². The van der Waals surface area contributed by atoms with Crippen LogP contribution >= 0.6 is 0 Å². The number of para-hydroxylation sites is 1. The third-order valence-electron chi connectivity index (χ3n) is 3.65. The zero-order valence-corrected chi connectivity index (χ0v) is 11.6. The van der Waals surface area contributed by atoms with E-state index in [-0.39, 0.29) is 11.5 Å². The number of aliphatic imine (C=N–C) groups is 1. The fraction of sp³-hybridized carbons (Fsp3) is 0.0625. The minimum Gasteiger partial charge on any atom is -0.370 e. The van der Waals surface area contributed by atoms with Gasteiger partial charge in [-0.25, -0.2) is 9.98 Å². The molecule has 1 aliphatic heterocycles. The van der Waals surface area contributed by atoms with E-state index < -0.39 is 6.17 Å². The van der Waals surface area contributed by atoms with Gasteiger partial charge in [0, 0.05) is 0 Å². The number of guanidine groups is 1. The monoisotopic (exact) mass is 291 g/mol. The molecule has 0 spiro atoms. The second-order valence-electron chi connectivity index (χ2n) is 5.05. The van der Waals surface area contributed by atoms with E-state index in [2.05, 4.69) is 15.3 Å². The Labute approximate surface area is 125 Å². The van der Waals surface area contributed by atoms with E-state index in [4.69, 9.17) is 5.73 Å². The molecule has 1 unspecified atom stereocenters. The Balaban J connectivity index is 2.03. The number of benzene rings is 2. The van der Waals surface area contributed by atoms with Gasteiger partial charge in [0.1, 0.15) is 0 Å². The molecule has 0 fully saturated rings. The summed E-state index contributed by atoms with van der Waals surface area (Å²) in [6.45, 7) is 0. The van der Waals surface area contributed by atoms with Crippen LogP contribution in [0.15, 0.2) is 64.4 Å². The van der Waals surface area contributed by atoms with Gasteiger partial charge in [-0.15, -0.1) is 0 Å². The van der Waals surface area contributed by atoms with Crippen LogP contribution in [0, 0.1) is 0 Å². The van der Waals surface area contributed by atoms with E-state index in [0.717, 1.165) is 5.56 Å². The Hall–Kier alpha value is -3.15. The first-order valence-corrected chi connectivity index (χ1v) is 6.90. The Morgan fingerprint density at radius 1 is 1.05 bits per heavy atom. The van der Waals surface area contributed by atoms with Crippen molar-refractivity contribution in [1.82, 2.24) is 9.55 Å². The number of anilines is 1. The number of nitrogens with two attached hydrogens (primary N) is 1. The van der Waals surface area contributed by atoms with Crippen LogP contribution < -0.4 is 16.6 Å². The van der Waals surface area contributed by atoms with Crippen LogP contribution in [0.5, 0.6) is 0 Å². The normalized spacial score (nSPS) is 16.7. The molecule has 6 nitrogen and oxygen atoms in total. The molecule has 6 heteroatoms. The van der Waals surface area contributed by atoms with Crippen LogP contribution in [0.1, 0.15) is 11.7 Å². The molecule has 22 heavy (non-hydrogen) atoms. The highest BCUT2D eigenvalue weighted by atomic mass is 16.1. The van der Waals surface area contributed by atoms with Crippen LogP contribution in [0.25, 0.3) is 10.9 Å². The molecule has 0 bridgehead atoms. The molecule has 0 amide bonds. The SMILES string of the molecule is NC1=NC(c2ccccc2)n2c(nc3ccccc3c2=O)N1. The Morgan fingerprint density at radius 2 is 1.77 bits per heavy atom. The van der Waals surface area contributed by atoms with Crippen LogP contribution in [-0.4, -0.2) is 15.5 Å². The van der Waals surface area contributed by atoms with Crippen molar-refractivity contribution in [3.63, 3.8) is 0 Å². The second-order valence-corrected chi connectivity index (χ2v) is 5.05. The topological polar surface area (TPSA) is 85.3 Å². The Bertz CT molecular complexity index is 946. The van der Waals surface area contributed by atoms with Crippen molar-refractivity contribution in [3.8, 4) is 0 Å². The molecule has 108 valence electrons. The van der Waals surface area contributed by atoms with Gasteiger partial charge in [-0.2, -0.15) is 0 Å². The summed E-state index contributed by atoms with van der Waals surface area (Å²) >= 11 is 0. The van der Waals surface area contributed by atoms with Gasteiger partial charge in [-0.1, -0.05) is 42.5 Å². The third kappa shape index (κ3) is 1.85. The largest absolute Gasteiger partial charge is 0.370 e. The van der Waals surface area contributed by atoms with Crippen LogP contribution in [0.4, 0.5) is 5.95 Å². The summed E-state index contributed by atoms with van der Waals surface area (Å²) in [4.78, 5) is 21.7. The molecule has 1 aliphatic rings.